The molecule has 9 nitrogen and oxygen atoms in total. The molecule has 2 heterocycles. The number of nitrogens with zero attached hydrogens (tertiary/aromatic N) is 2. The van der Waals surface area contributed by atoms with Crippen LogP contribution < -0.4 is 16.0 Å². The fourth-order valence-electron chi connectivity index (χ4n) is 3.49. The summed E-state index contributed by atoms with van der Waals surface area (Å²) >= 11 is 0. The molecular formula is C21H28N6O3. The number of aromatic nitrogens is 2. The van der Waals surface area contributed by atoms with Crippen LogP contribution in [0, 0.1) is 11.8 Å². The maximum Gasteiger partial charge on any atom is 0.287 e. The van der Waals surface area contributed by atoms with Crippen LogP contribution in [0.25, 0.3) is 11.0 Å². The molecule has 30 heavy (non-hydrogen) atoms. The summed E-state index contributed by atoms with van der Waals surface area (Å²) in [6.45, 7) is 4.59. The molecule has 2 atom stereocenters. The molecule has 1 aliphatic heterocycles. The van der Waals surface area contributed by atoms with E-state index in [1.807, 2.05) is 38.1 Å². The number of imidazole rings is 1. The van der Waals surface area contributed by atoms with E-state index < -0.39 is 11.9 Å². The zero-order chi connectivity index (χ0) is 21.7. The highest BCUT2D eigenvalue weighted by Gasteiger charge is 2.28. The Morgan fingerprint density at radius 1 is 1.30 bits per heavy atom. The quantitative estimate of drug-likeness (QED) is 0.404. The third-order valence-electron chi connectivity index (χ3n) is 5.07. The summed E-state index contributed by atoms with van der Waals surface area (Å²) in [6.07, 6.45) is 1.53. The molecule has 3 amide bonds. The number of aromatic amines is 1. The van der Waals surface area contributed by atoms with E-state index in [4.69, 9.17) is 0 Å². The van der Waals surface area contributed by atoms with Crippen molar-refractivity contribution in [2.45, 2.75) is 39.2 Å². The van der Waals surface area contributed by atoms with Crippen molar-refractivity contribution in [1.29, 1.82) is 0 Å². The maximum absolute atomic E-state index is 12.9. The first-order valence-corrected chi connectivity index (χ1v) is 10.2. The van der Waals surface area contributed by atoms with Crippen molar-refractivity contribution in [1.82, 2.24) is 25.9 Å². The van der Waals surface area contributed by atoms with Crippen LogP contribution >= 0.6 is 0 Å². The van der Waals surface area contributed by atoms with E-state index in [0.717, 1.165) is 5.52 Å². The van der Waals surface area contributed by atoms with Crippen molar-refractivity contribution in [2.75, 3.05) is 13.6 Å². The van der Waals surface area contributed by atoms with Gasteiger partial charge in [0.2, 0.25) is 11.8 Å². The number of amidine groups is 1. The van der Waals surface area contributed by atoms with Crippen molar-refractivity contribution in [3.8, 4) is 0 Å². The number of fused-ring (bicyclic) bond motifs is 1. The van der Waals surface area contributed by atoms with E-state index in [1.165, 1.54) is 0 Å². The monoisotopic (exact) mass is 412 g/mol. The van der Waals surface area contributed by atoms with E-state index in [2.05, 4.69) is 30.9 Å². The summed E-state index contributed by atoms with van der Waals surface area (Å²) in [5, 5.41) is 8.35. The minimum atomic E-state index is -0.750. The molecule has 0 spiro atoms. The number of H-pyrrole nitrogens is 1. The summed E-state index contributed by atoms with van der Waals surface area (Å²) in [5.74, 6) is -0.248. The maximum atomic E-state index is 12.9. The first kappa shape index (κ1) is 21.5. The summed E-state index contributed by atoms with van der Waals surface area (Å²) in [6, 6.07) is 6.59. The van der Waals surface area contributed by atoms with Crippen molar-refractivity contribution >= 4 is 34.6 Å². The van der Waals surface area contributed by atoms with E-state index in [1.54, 1.807) is 7.05 Å². The molecule has 1 fully saturated rings. The summed E-state index contributed by atoms with van der Waals surface area (Å²) < 4.78 is 0. The number of carbonyl (C=O) groups excluding carboxylic acids is 3. The van der Waals surface area contributed by atoms with Gasteiger partial charge in [0.15, 0.2) is 5.82 Å². The number of carbonyl (C=O) groups is 3. The van der Waals surface area contributed by atoms with Crippen molar-refractivity contribution in [2.24, 2.45) is 16.8 Å². The highest BCUT2D eigenvalue weighted by atomic mass is 16.2. The number of hydrogen-bond donors (Lipinski definition) is 4. The van der Waals surface area contributed by atoms with Crippen LogP contribution in [0.15, 0.2) is 29.3 Å². The molecule has 1 aromatic heterocycles. The van der Waals surface area contributed by atoms with Gasteiger partial charge in [0, 0.05) is 25.9 Å². The predicted octanol–water partition coefficient (Wildman–Crippen LogP) is 1.38. The number of para-hydroxylation sites is 2. The Morgan fingerprint density at radius 3 is 2.70 bits per heavy atom. The first-order chi connectivity index (χ1) is 14.4. The van der Waals surface area contributed by atoms with Gasteiger partial charge in [-0.15, -0.1) is 0 Å². The molecule has 4 N–H and O–H groups in total. The molecule has 1 aliphatic rings. The number of rotatable bonds is 7. The third-order valence-corrected chi connectivity index (χ3v) is 5.07. The van der Waals surface area contributed by atoms with Gasteiger partial charge in [0.1, 0.15) is 11.9 Å². The molecule has 1 aromatic carbocycles. The Balaban J connectivity index is 1.68. The summed E-state index contributed by atoms with van der Waals surface area (Å²) in [5.41, 5.74) is 1.44. The lowest BCUT2D eigenvalue weighted by molar-refractivity contribution is -0.123. The van der Waals surface area contributed by atoms with Crippen LogP contribution in [0.3, 0.4) is 0 Å². The molecule has 0 aliphatic carbocycles. The second-order valence-electron chi connectivity index (χ2n) is 7.90. The van der Waals surface area contributed by atoms with E-state index in [9.17, 15) is 14.4 Å². The molecule has 0 saturated carbocycles. The van der Waals surface area contributed by atoms with Crippen molar-refractivity contribution in [3.05, 3.63) is 30.1 Å². The third kappa shape index (κ3) is 5.22. The number of amides is 3. The molecule has 0 radical (unpaired) electrons. The first-order valence-electron chi connectivity index (χ1n) is 10.2. The second kappa shape index (κ2) is 9.51. The van der Waals surface area contributed by atoms with Crippen LogP contribution in [0.5, 0.6) is 0 Å². The Bertz CT molecular complexity index is 932. The van der Waals surface area contributed by atoms with Gasteiger partial charge < -0.3 is 20.9 Å². The Labute approximate surface area is 175 Å². The van der Waals surface area contributed by atoms with Gasteiger partial charge in [0.25, 0.3) is 5.91 Å². The lowest BCUT2D eigenvalue weighted by atomic mass is 10.0. The molecule has 0 bridgehead atoms. The molecule has 160 valence electrons. The Hall–Kier alpha value is -3.23. The zero-order valence-corrected chi connectivity index (χ0v) is 17.5. The fraction of sp³-hybridized carbons (Fsp3) is 0.476. The minimum absolute atomic E-state index is 0.0256. The lowest BCUT2D eigenvalue weighted by Gasteiger charge is -2.20. The number of hydrogen-bond acceptors (Lipinski definition) is 5. The van der Waals surface area contributed by atoms with E-state index in [0.29, 0.717) is 37.2 Å². The number of aliphatic imine (C=N–C) groups is 1. The Morgan fingerprint density at radius 2 is 2.07 bits per heavy atom. The molecule has 9 heteroatoms. The second-order valence-corrected chi connectivity index (χ2v) is 7.90. The van der Waals surface area contributed by atoms with Crippen LogP contribution in [-0.4, -0.2) is 53.2 Å². The lowest BCUT2D eigenvalue weighted by Crippen LogP contribution is -2.49. The summed E-state index contributed by atoms with van der Waals surface area (Å²) in [7, 11) is 1.58. The van der Waals surface area contributed by atoms with Gasteiger partial charge in [-0.05, 0) is 30.9 Å². The number of benzene rings is 1. The predicted molar refractivity (Wildman–Crippen MR) is 114 cm³/mol. The smallest absolute Gasteiger partial charge is 0.287 e. The van der Waals surface area contributed by atoms with E-state index >= 15 is 0 Å². The highest BCUT2D eigenvalue weighted by molar-refractivity contribution is 6.04. The molecule has 3 rings (SSSR count). The van der Waals surface area contributed by atoms with Crippen molar-refractivity contribution in [3.63, 3.8) is 0 Å². The fourth-order valence-corrected chi connectivity index (χ4v) is 3.49. The van der Waals surface area contributed by atoms with Gasteiger partial charge in [-0.2, -0.15) is 0 Å². The summed E-state index contributed by atoms with van der Waals surface area (Å²) in [4.78, 5) is 48.8. The van der Waals surface area contributed by atoms with E-state index in [-0.39, 0.29) is 29.5 Å². The average Bonchev–Trinajstić information content (AvgIpc) is 3.32. The Kier molecular flexibility index (Phi) is 6.81. The van der Waals surface area contributed by atoms with Crippen LogP contribution in [0.2, 0.25) is 0 Å². The van der Waals surface area contributed by atoms with Gasteiger partial charge in [-0.1, -0.05) is 26.0 Å². The normalized spacial score (nSPS) is 17.8. The molecule has 2 aromatic rings. The van der Waals surface area contributed by atoms with Crippen LogP contribution in [-0.2, 0) is 9.59 Å². The molecule has 2 unspecified atom stereocenters. The highest BCUT2D eigenvalue weighted by Crippen LogP contribution is 2.15. The van der Waals surface area contributed by atoms with Crippen LogP contribution in [0.1, 0.15) is 43.7 Å². The van der Waals surface area contributed by atoms with Crippen LogP contribution in [0.4, 0.5) is 0 Å². The molecule has 1 saturated heterocycles. The zero-order valence-electron chi connectivity index (χ0n) is 17.5. The van der Waals surface area contributed by atoms with Gasteiger partial charge in [-0.3, -0.25) is 19.4 Å². The minimum Gasteiger partial charge on any atom is -0.356 e. The standard InChI is InChI=1S/C21H28N6O3/c1-12(2)10-16(20(29)27-17(22-3)11-13-8-9-23-19(13)28)26-21(30)18-24-14-6-4-5-7-15(14)25-18/h4-7,12-13,16H,8-11H2,1-3H3,(H,23,28)(H,24,25)(H,26,30)(H,22,27,29). The van der Waals surface area contributed by atoms with Crippen molar-refractivity contribution < 1.29 is 14.4 Å². The largest absolute Gasteiger partial charge is 0.356 e. The topological polar surface area (TPSA) is 128 Å². The van der Waals surface area contributed by atoms with Gasteiger partial charge in [-0.25, -0.2) is 4.98 Å². The van der Waals surface area contributed by atoms with Gasteiger partial charge in [0.05, 0.1) is 11.0 Å². The average molecular weight is 412 g/mol. The SMILES string of the molecule is CN=C(CC1CCNC1=O)NC(=O)C(CC(C)C)NC(=O)c1nc2ccccc2[nH]1. The van der Waals surface area contributed by atoms with Gasteiger partial charge >= 0.3 is 0 Å². The molecular weight excluding hydrogens is 384 g/mol. The number of nitrogens with one attached hydrogen (secondary N) is 4.